The fraction of sp³-hybridized carbons (Fsp3) is 0.588. The molecule has 2 atom stereocenters. The number of hydrogen-bond donors (Lipinski definition) is 2. The molecule has 0 fully saturated rings. The first-order chi connectivity index (χ1) is 9.97. The molecular formula is C17H27N3O. The van der Waals surface area contributed by atoms with E-state index in [1.807, 2.05) is 13.8 Å². The molecule has 1 aliphatic rings. The fourth-order valence-electron chi connectivity index (χ4n) is 3.11. The topological polar surface area (TPSA) is 58.4 Å². The number of carbonyl (C=O) groups excluding carboxylic acids is 1. The van der Waals surface area contributed by atoms with Crippen LogP contribution in [0.3, 0.4) is 0 Å². The molecule has 1 heterocycles. The molecule has 0 aliphatic carbocycles. The van der Waals surface area contributed by atoms with Gasteiger partial charge in [0.05, 0.1) is 6.04 Å². The van der Waals surface area contributed by atoms with Crippen molar-refractivity contribution in [1.82, 2.24) is 5.32 Å². The maximum atomic E-state index is 11.6. The van der Waals surface area contributed by atoms with E-state index >= 15 is 0 Å². The van der Waals surface area contributed by atoms with Gasteiger partial charge in [-0.15, -0.1) is 0 Å². The molecular weight excluding hydrogens is 262 g/mol. The van der Waals surface area contributed by atoms with E-state index in [0.717, 1.165) is 25.9 Å². The van der Waals surface area contributed by atoms with Gasteiger partial charge < -0.3 is 16.0 Å². The Bertz CT molecular complexity index is 487. The number of rotatable bonds is 6. The summed E-state index contributed by atoms with van der Waals surface area (Å²) in [6.07, 6.45) is 1.88. The van der Waals surface area contributed by atoms with Crippen LogP contribution >= 0.6 is 0 Å². The van der Waals surface area contributed by atoms with Gasteiger partial charge >= 0.3 is 0 Å². The highest BCUT2D eigenvalue weighted by molar-refractivity contribution is 5.79. The van der Waals surface area contributed by atoms with E-state index in [2.05, 4.69) is 41.4 Å². The Hall–Kier alpha value is -1.55. The molecule has 116 valence electrons. The summed E-state index contributed by atoms with van der Waals surface area (Å²) in [7, 11) is 0. The number of primary amides is 1. The molecule has 3 N–H and O–H groups in total. The number of carbonyl (C=O) groups is 1. The van der Waals surface area contributed by atoms with Gasteiger partial charge in [-0.2, -0.15) is 0 Å². The van der Waals surface area contributed by atoms with E-state index in [4.69, 9.17) is 5.73 Å². The lowest BCUT2D eigenvalue weighted by atomic mass is 9.93. The predicted octanol–water partition coefficient (Wildman–Crippen LogP) is 1.93. The van der Waals surface area contributed by atoms with Crippen molar-refractivity contribution in [3.63, 3.8) is 0 Å². The van der Waals surface area contributed by atoms with Gasteiger partial charge in [0.15, 0.2) is 0 Å². The highest BCUT2D eigenvalue weighted by atomic mass is 16.1. The second kappa shape index (κ2) is 6.94. The lowest BCUT2D eigenvalue weighted by molar-refractivity contribution is -0.120. The van der Waals surface area contributed by atoms with Gasteiger partial charge in [-0.25, -0.2) is 0 Å². The number of nitrogens with one attached hydrogen (secondary N) is 1. The van der Waals surface area contributed by atoms with Gasteiger partial charge in [0.2, 0.25) is 5.91 Å². The van der Waals surface area contributed by atoms with Gasteiger partial charge in [0.25, 0.3) is 0 Å². The molecule has 2 rings (SSSR count). The van der Waals surface area contributed by atoms with Gasteiger partial charge in [0.1, 0.15) is 0 Å². The molecule has 0 radical (unpaired) electrons. The van der Waals surface area contributed by atoms with Gasteiger partial charge in [0, 0.05) is 24.8 Å². The van der Waals surface area contributed by atoms with Gasteiger partial charge in [-0.05, 0) is 30.4 Å². The number of fused-ring (bicyclic) bond motifs is 1. The Balaban J connectivity index is 2.04. The highest BCUT2D eigenvalue weighted by Crippen LogP contribution is 2.29. The van der Waals surface area contributed by atoms with Crippen molar-refractivity contribution in [3.05, 3.63) is 29.8 Å². The minimum Gasteiger partial charge on any atom is -0.371 e. The molecule has 1 aliphatic heterocycles. The van der Waals surface area contributed by atoms with E-state index in [-0.39, 0.29) is 18.0 Å². The molecule has 0 bridgehead atoms. The molecule has 0 spiro atoms. The minimum absolute atomic E-state index is 0.255. The molecule has 1 aromatic rings. The largest absolute Gasteiger partial charge is 0.371 e. The maximum Gasteiger partial charge on any atom is 0.234 e. The van der Waals surface area contributed by atoms with Crippen molar-refractivity contribution in [2.45, 2.75) is 45.7 Å². The molecule has 0 aromatic heterocycles. The zero-order chi connectivity index (χ0) is 15.4. The third-order valence-electron chi connectivity index (χ3n) is 4.00. The van der Waals surface area contributed by atoms with Crippen molar-refractivity contribution in [1.29, 1.82) is 0 Å². The zero-order valence-corrected chi connectivity index (χ0v) is 13.3. The second-order valence-corrected chi connectivity index (χ2v) is 6.45. The first kappa shape index (κ1) is 15.8. The van der Waals surface area contributed by atoms with E-state index < -0.39 is 0 Å². The number of nitrogens with zero attached hydrogens (tertiary/aromatic N) is 1. The van der Waals surface area contributed by atoms with Gasteiger partial charge in [-0.1, -0.05) is 39.0 Å². The number of hydrogen-bond acceptors (Lipinski definition) is 3. The van der Waals surface area contributed by atoms with Crippen molar-refractivity contribution in [2.75, 3.05) is 18.0 Å². The summed E-state index contributed by atoms with van der Waals surface area (Å²) in [6, 6.07) is 8.57. The lowest BCUT2D eigenvalue weighted by Crippen LogP contribution is -2.47. The van der Waals surface area contributed by atoms with Crippen LogP contribution in [0.1, 0.15) is 32.8 Å². The number of nitrogens with two attached hydrogens (primary N) is 1. The number of para-hydroxylation sites is 1. The summed E-state index contributed by atoms with van der Waals surface area (Å²) in [4.78, 5) is 13.9. The van der Waals surface area contributed by atoms with Crippen LogP contribution in [0.4, 0.5) is 5.69 Å². The lowest BCUT2D eigenvalue weighted by Gasteiger charge is -2.35. The summed E-state index contributed by atoms with van der Waals surface area (Å²) >= 11 is 0. The summed E-state index contributed by atoms with van der Waals surface area (Å²) in [5, 5.41) is 3.25. The Morgan fingerprint density at radius 2 is 2.14 bits per heavy atom. The van der Waals surface area contributed by atoms with Crippen LogP contribution in [0, 0.1) is 5.92 Å². The van der Waals surface area contributed by atoms with E-state index in [1.54, 1.807) is 0 Å². The Labute approximate surface area is 127 Å². The fourth-order valence-corrected chi connectivity index (χ4v) is 3.11. The van der Waals surface area contributed by atoms with Crippen molar-refractivity contribution < 1.29 is 4.79 Å². The molecule has 4 nitrogen and oxygen atoms in total. The first-order valence-electron chi connectivity index (χ1n) is 7.85. The number of benzene rings is 1. The van der Waals surface area contributed by atoms with Crippen LogP contribution in [-0.4, -0.2) is 31.1 Å². The molecule has 0 saturated carbocycles. The molecule has 1 aromatic carbocycles. The van der Waals surface area contributed by atoms with E-state index in [9.17, 15) is 4.79 Å². The van der Waals surface area contributed by atoms with E-state index in [0.29, 0.717) is 5.92 Å². The molecule has 0 saturated heterocycles. The average molecular weight is 289 g/mol. The summed E-state index contributed by atoms with van der Waals surface area (Å²) in [6.45, 7) is 8.25. The van der Waals surface area contributed by atoms with E-state index in [1.165, 1.54) is 11.3 Å². The van der Waals surface area contributed by atoms with Crippen molar-refractivity contribution >= 4 is 11.6 Å². The minimum atomic E-state index is -0.262. The van der Waals surface area contributed by atoms with Crippen LogP contribution in [0.25, 0.3) is 0 Å². The first-order valence-corrected chi connectivity index (χ1v) is 7.85. The van der Waals surface area contributed by atoms with Crippen LogP contribution in [0.15, 0.2) is 24.3 Å². The summed E-state index contributed by atoms with van der Waals surface area (Å²) < 4.78 is 0. The molecule has 2 unspecified atom stereocenters. The second-order valence-electron chi connectivity index (χ2n) is 6.45. The number of amides is 1. The van der Waals surface area contributed by atoms with Crippen LogP contribution in [0.5, 0.6) is 0 Å². The smallest absolute Gasteiger partial charge is 0.234 e. The average Bonchev–Trinajstić information content (AvgIpc) is 2.42. The Morgan fingerprint density at radius 3 is 2.81 bits per heavy atom. The summed E-state index contributed by atoms with van der Waals surface area (Å²) in [5.41, 5.74) is 8.22. The zero-order valence-electron chi connectivity index (χ0n) is 13.3. The Morgan fingerprint density at radius 1 is 1.43 bits per heavy atom. The van der Waals surface area contributed by atoms with Crippen molar-refractivity contribution in [2.24, 2.45) is 11.7 Å². The van der Waals surface area contributed by atoms with Gasteiger partial charge in [-0.3, -0.25) is 4.79 Å². The third kappa shape index (κ3) is 4.21. The highest BCUT2D eigenvalue weighted by Gasteiger charge is 2.23. The monoisotopic (exact) mass is 289 g/mol. The Kier molecular flexibility index (Phi) is 5.23. The summed E-state index contributed by atoms with van der Waals surface area (Å²) in [5.74, 6) is 0.382. The quantitative estimate of drug-likeness (QED) is 0.841. The van der Waals surface area contributed by atoms with Crippen molar-refractivity contribution in [3.8, 4) is 0 Å². The van der Waals surface area contributed by atoms with Crippen LogP contribution in [0.2, 0.25) is 0 Å². The van der Waals surface area contributed by atoms with Crippen LogP contribution < -0.4 is 16.0 Å². The molecule has 1 amide bonds. The maximum absolute atomic E-state index is 11.6. The third-order valence-corrected chi connectivity index (χ3v) is 4.00. The predicted molar refractivity (Wildman–Crippen MR) is 87.4 cm³/mol. The molecule has 21 heavy (non-hydrogen) atoms. The molecule has 4 heteroatoms. The van der Waals surface area contributed by atoms with Crippen LogP contribution in [-0.2, 0) is 11.2 Å². The number of anilines is 1. The standard InChI is InChI=1S/C17H27N3O/c1-12(2)19-15(17(18)21)8-9-20-11-13(3)10-14-6-4-5-7-16(14)20/h4-7,12-13,15,19H,8-11H2,1-3H3,(H2,18,21). The normalized spacial score (nSPS) is 19.4. The SMILES string of the molecule is CC1Cc2ccccc2N(CCC(NC(C)C)C(N)=O)C1.